The van der Waals surface area contributed by atoms with Crippen molar-refractivity contribution in [2.75, 3.05) is 27.4 Å². The summed E-state index contributed by atoms with van der Waals surface area (Å²) in [5, 5.41) is 9.50. The number of aromatic hydroxyl groups is 1. The Morgan fingerprint density at radius 3 is 2.39 bits per heavy atom. The molecule has 0 bridgehead atoms. The molecule has 0 saturated heterocycles. The average molecular weight is 313 g/mol. The van der Waals surface area contributed by atoms with Gasteiger partial charge in [0, 0.05) is 6.42 Å². The number of benzene rings is 2. The van der Waals surface area contributed by atoms with Crippen molar-refractivity contribution >= 4 is 5.90 Å². The molecule has 0 atom stereocenters. The van der Waals surface area contributed by atoms with E-state index in [2.05, 4.69) is 4.99 Å². The minimum atomic E-state index is 0.235. The van der Waals surface area contributed by atoms with Gasteiger partial charge >= 0.3 is 0 Å². The Kier molecular flexibility index (Phi) is 4.37. The number of nitrogens with zero attached hydrogens (tertiary/aromatic N) is 1. The predicted octanol–water partition coefficient (Wildman–Crippen LogP) is 3.05. The fourth-order valence-corrected chi connectivity index (χ4v) is 2.63. The van der Waals surface area contributed by atoms with E-state index < -0.39 is 0 Å². The lowest BCUT2D eigenvalue weighted by atomic mass is 9.96. The molecule has 0 saturated carbocycles. The van der Waals surface area contributed by atoms with Gasteiger partial charge in [0.25, 0.3) is 0 Å². The van der Waals surface area contributed by atoms with Crippen LogP contribution in [0.5, 0.6) is 17.2 Å². The van der Waals surface area contributed by atoms with Crippen LogP contribution in [-0.4, -0.2) is 38.4 Å². The van der Waals surface area contributed by atoms with Crippen LogP contribution in [0.15, 0.2) is 41.4 Å². The first-order valence-corrected chi connectivity index (χ1v) is 7.41. The van der Waals surface area contributed by atoms with Gasteiger partial charge in [0.2, 0.25) is 0 Å². The Morgan fingerprint density at radius 1 is 1.09 bits per heavy atom. The van der Waals surface area contributed by atoms with E-state index in [0.29, 0.717) is 31.1 Å². The largest absolute Gasteiger partial charge is 0.508 e. The third-order valence-electron chi connectivity index (χ3n) is 3.78. The minimum absolute atomic E-state index is 0.235. The maximum atomic E-state index is 9.50. The zero-order valence-corrected chi connectivity index (χ0v) is 13.2. The molecule has 0 unspecified atom stereocenters. The van der Waals surface area contributed by atoms with Gasteiger partial charge in [-0.3, -0.25) is 4.99 Å². The molecule has 0 radical (unpaired) electrons. The van der Waals surface area contributed by atoms with Gasteiger partial charge in [-0.2, -0.15) is 0 Å². The maximum Gasteiger partial charge on any atom is 0.187 e. The van der Waals surface area contributed by atoms with Crippen LogP contribution in [-0.2, 0) is 11.2 Å². The van der Waals surface area contributed by atoms with Crippen molar-refractivity contribution in [3.8, 4) is 28.4 Å². The Hall–Kier alpha value is -2.69. The number of phenolic OH excluding ortho intramolecular Hbond substituents is 1. The van der Waals surface area contributed by atoms with Crippen LogP contribution in [0.2, 0.25) is 0 Å². The first-order chi connectivity index (χ1) is 11.2. The van der Waals surface area contributed by atoms with Gasteiger partial charge in [-0.1, -0.05) is 12.1 Å². The summed E-state index contributed by atoms with van der Waals surface area (Å²) in [5.74, 6) is 2.30. The Labute approximate surface area is 135 Å². The molecule has 0 amide bonds. The molecule has 1 aliphatic heterocycles. The van der Waals surface area contributed by atoms with Gasteiger partial charge < -0.3 is 19.3 Å². The Bertz CT molecular complexity index is 723. The molecule has 120 valence electrons. The minimum Gasteiger partial charge on any atom is -0.508 e. The van der Waals surface area contributed by atoms with Crippen LogP contribution in [0.25, 0.3) is 11.1 Å². The lowest BCUT2D eigenvalue weighted by molar-refractivity contribution is 0.340. The highest BCUT2D eigenvalue weighted by Gasteiger charge is 2.16. The van der Waals surface area contributed by atoms with Gasteiger partial charge in [0.1, 0.15) is 12.4 Å². The average Bonchev–Trinajstić information content (AvgIpc) is 3.08. The van der Waals surface area contributed by atoms with Crippen molar-refractivity contribution < 1.29 is 19.3 Å². The highest BCUT2D eigenvalue weighted by Crippen LogP contribution is 2.36. The molecular weight excluding hydrogens is 294 g/mol. The van der Waals surface area contributed by atoms with Crippen molar-refractivity contribution in [3.05, 3.63) is 42.0 Å². The number of phenols is 1. The normalized spacial score (nSPS) is 13.4. The van der Waals surface area contributed by atoms with E-state index in [4.69, 9.17) is 14.2 Å². The molecule has 0 fully saturated rings. The van der Waals surface area contributed by atoms with Crippen LogP contribution in [0.4, 0.5) is 0 Å². The van der Waals surface area contributed by atoms with E-state index in [1.807, 2.05) is 24.3 Å². The standard InChI is InChI=1S/C18H19NO4/c1-21-16-9-13(10-18-19-7-8-23-18)15(11-17(16)22-2)12-3-5-14(20)6-4-12/h3-6,9,11,20H,7-8,10H2,1-2H3. The number of methoxy groups -OCH3 is 2. The van der Waals surface area contributed by atoms with Crippen LogP contribution in [0.1, 0.15) is 5.56 Å². The zero-order chi connectivity index (χ0) is 16.2. The van der Waals surface area contributed by atoms with Crippen molar-refractivity contribution in [3.63, 3.8) is 0 Å². The summed E-state index contributed by atoms with van der Waals surface area (Å²) in [6, 6.07) is 11.0. The first kappa shape index (κ1) is 15.2. The monoisotopic (exact) mass is 313 g/mol. The van der Waals surface area contributed by atoms with Crippen molar-refractivity contribution in [2.45, 2.75) is 6.42 Å². The second-order valence-corrected chi connectivity index (χ2v) is 5.21. The second-order valence-electron chi connectivity index (χ2n) is 5.21. The highest BCUT2D eigenvalue weighted by atomic mass is 16.5. The molecule has 0 aromatic heterocycles. The number of aliphatic imine (C=N–C) groups is 1. The molecule has 1 aliphatic rings. The number of rotatable bonds is 5. The van der Waals surface area contributed by atoms with Crippen LogP contribution < -0.4 is 9.47 Å². The van der Waals surface area contributed by atoms with Crippen molar-refractivity contribution in [2.24, 2.45) is 4.99 Å². The Morgan fingerprint density at radius 2 is 1.78 bits per heavy atom. The number of ether oxygens (including phenoxy) is 3. The first-order valence-electron chi connectivity index (χ1n) is 7.41. The van der Waals surface area contributed by atoms with Crippen molar-refractivity contribution in [1.29, 1.82) is 0 Å². The maximum absolute atomic E-state index is 9.50. The van der Waals surface area contributed by atoms with Gasteiger partial charge in [-0.25, -0.2) is 0 Å². The zero-order valence-electron chi connectivity index (χ0n) is 13.2. The molecule has 0 aliphatic carbocycles. The van der Waals surface area contributed by atoms with Crippen LogP contribution >= 0.6 is 0 Å². The van der Waals surface area contributed by atoms with Crippen LogP contribution in [0, 0.1) is 0 Å². The van der Waals surface area contributed by atoms with E-state index in [-0.39, 0.29) is 5.75 Å². The van der Waals surface area contributed by atoms with Crippen molar-refractivity contribution in [1.82, 2.24) is 0 Å². The Balaban J connectivity index is 2.08. The summed E-state index contributed by atoms with van der Waals surface area (Å²) in [4.78, 5) is 4.36. The highest BCUT2D eigenvalue weighted by molar-refractivity contribution is 5.84. The fourth-order valence-electron chi connectivity index (χ4n) is 2.63. The molecule has 1 N–H and O–H groups in total. The van der Waals surface area contributed by atoms with E-state index in [1.165, 1.54) is 0 Å². The molecule has 2 aromatic rings. The summed E-state index contributed by atoms with van der Waals surface area (Å²) in [6.45, 7) is 1.34. The van der Waals surface area contributed by atoms with Gasteiger partial charge in [-0.05, 0) is 41.0 Å². The molecule has 0 spiro atoms. The summed E-state index contributed by atoms with van der Waals surface area (Å²) in [5.41, 5.74) is 3.02. The molecule has 3 rings (SSSR count). The predicted molar refractivity (Wildman–Crippen MR) is 88.6 cm³/mol. The molecule has 2 aromatic carbocycles. The van der Waals surface area contributed by atoms with E-state index in [1.54, 1.807) is 26.4 Å². The number of hydrogen-bond acceptors (Lipinski definition) is 5. The molecule has 5 heteroatoms. The lowest BCUT2D eigenvalue weighted by Gasteiger charge is -2.15. The molecule has 1 heterocycles. The van der Waals surface area contributed by atoms with Crippen LogP contribution in [0.3, 0.4) is 0 Å². The smallest absolute Gasteiger partial charge is 0.187 e. The fraction of sp³-hybridized carbons (Fsp3) is 0.278. The topological polar surface area (TPSA) is 60.3 Å². The van der Waals surface area contributed by atoms with Gasteiger partial charge in [0.05, 0.1) is 20.8 Å². The quantitative estimate of drug-likeness (QED) is 0.921. The third kappa shape index (κ3) is 3.23. The molecular formula is C18H19NO4. The van der Waals surface area contributed by atoms with E-state index in [0.717, 1.165) is 22.6 Å². The summed E-state index contributed by atoms with van der Waals surface area (Å²) in [7, 11) is 3.23. The van der Waals surface area contributed by atoms with E-state index >= 15 is 0 Å². The number of hydrogen-bond donors (Lipinski definition) is 1. The lowest BCUT2D eigenvalue weighted by Crippen LogP contribution is -2.05. The third-order valence-corrected chi connectivity index (χ3v) is 3.78. The SMILES string of the molecule is COc1cc(CC2=NCCO2)c(-c2ccc(O)cc2)cc1OC. The summed E-state index contributed by atoms with van der Waals surface area (Å²) in [6.07, 6.45) is 0.594. The second kappa shape index (κ2) is 6.60. The van der Waals surface area contributed by atoms with Gasteiger partial charge in [0.15, 0.2) is 17.4 Å². The molecule has 23 heavy (non-hydrogen) atoms. The van der Waals surface area contributed by atoms with E-state index in [9.17, 15) is 5.11 Å². The summed E-state index contributed by atoms with van der Waals surface area (Å²) >= 11 is 0. The summed E-state index contributed by atoms with van der Waals surface area (Å²) < 4.78 is 16.4. The molecule has 5 nitrogen and oxygen atoms in total. The van der Waals surface area contributed by atoms with Gasteiger partial charge in [-0.15, -0.1) is 0 Å².